The van der Waals surface area contributed by atoms with Gasteiger partial charge in [0.25, 0.3) is 0 Å². The van der Waals surface area contributed by atoms with Crippen LogP contribution in [0.5, 0.6) is 0 Å². The van der Waals surface area contributed by atoms with Crippen LogP contribution in [0.2, 0.25) is 0 Å². The van der Waals surface area contributed by atoms with Crippen LogP contribution in [0.25, 0.3) is 0 Å². The maximum atomic E-state index is 10.9. The zero-order chi connectivity index (χ0) is 40.1. The molecule has 0 bridgehead atoms. The number of aromatic nitrogens is 9. The van der Waals surface area contributed by atoms with Gasteiger partial charge in [0.15, 0.2) is 12.6 Å². The van der Waals surface area contributed by atoms with Crippen LogP contribution < -0.4 is 0 Å². The number of halogens is 2. The summed E-state index contributed by atoms with van der Waals surface area (Å²) in [5.74, 6) is -2.60. The zero-order valence-electron chi connectivity index (χ0n) is 29.8. The van der Waals surface area contributed by atoms with Gasteiger partial charge in [-0.25, -0.2) is 14.0 Å². The number of aliphatic hydroxyl groups is 8. The third-order valence-electron chi connectivity index (χ3n) is 9.39. The van der Waals surface area contributed by atoms with Crippen LogP contribution in [0.3, 0.4) is 0 Å². The summed E-state index contributed by atoms with van der Waals surface area (Å²) in [5, 5.41) is 106. The van der Waals surface area contributed by atoms with Crippen molar-refractivity contribution < 1.29 is 74.0 Å². The number of ether oxygens (including phenoxy) is 7. The molecule has 8 N–H and O–H groups in total. The number of rotatable bonds is 18. The van der Waals surface area contributed by atoms with E-state index in [0.717, 1.165) is 0 Å². The molecular weight excluding hydrogens is 797 g/mol. The Hall–Kier alpha value is -2.60. The fraction of sp³-hybridized carbons (Fsp3) is 0.800. The van der Waals surface area contributed by atoms with E-state index >= 15 is 0 Å². The van der Waals surface area contributed by atoms with Gasteiger partial charge in [0.2, 0.25) is 5.79 Å². The van der Waals surface area contributed by atoms with Crippen LogP contribution in [0, 0.1) is 0 Å². The molecule has 26 heteroatoms. The van der Waals surface area contributed by atoms with E-state index in [4.69, 9.17) is 56.4 Å². The molecule has 3 saturated heterocycles. The number of methoxy groups -OCH3 is 1. The second kappa shape index (κ2) is 19.0. The molecule has 6 heterocycles. The predicted molar refractivity (Wildman–Crippen MR) is 181 cm³/mol. The molecule has 3 fully saturated rings. The lowest BCUT2D eigenvalue weighted by Gasteiger charge is -2.43. The summed E-state index contributed by atoms with van der Waals surface area (Å²) in [5.41, 5.74) is 1.25. The molecule has 0 spiro atoms. The molecular formula is C30H45Cl2N9O15. The second-order valence-corrected chi connectivity index (χ2v) is 14.2. The van der Waals surface area contributed by atoms with Crippen LogP contribution in [-0.2, 0) is 72.6 Å². The summed E-state index contributed by atoms with van der Waals surface area (Å²) in [4.78, 5) is 0. The lowest BCUT2D eigenvalue weighted by Crippen LogP contribution is -2.61. The van der Waals surface area contributed by atoms with Gasteiger partial charge < -0.3 is 74.0 Å². The van der Waals surface area contributed by atoms with Crippen LogP contribution in [0.4, 0.5) is 0 Å². The molecule has 56 heavy (non-hydrogen) atoms. The summed E-state index contributed by atoms with van der Waals surface area (Å²) in [6, 6.07) is 0. The third kappa shape index (κ3) is 9.64. The van der Waals surface area contributed by atoms with Crippen molar-refractivity contribution in [3.05, 3.63) is 35.7 Å². The minimum atomic E-state index is -2.08. The van der Waals surface area contributed by atoms with E-state index in [9.17, 15) is 40.9 Å². The SMILES string of the molecule is COCCn1cc(CO[C@@H]2O[C@H](Cn3cc(COCc4cn(C[C@H]5O[C@@](CCl)(O[C@@H]6O[C@H](CO)[C@H](Cl)[C@H](O)[C@@H]6O)[C@@H](O)[C@@H]5O)nn4)nn3)[C@H](O)[C@H](O)[C@@H]2O)nn1. The van der Waals surface area contributed by atoms with Gasteiger partial charge in [0, 0.05) is 7.11 Å². The number of nitrogens with zero attached hydrogens (tertiary/aromatic N) is 9. The highest BCUT2D eigenvalue weighted by Gasteiger charge is 2.58. The number of hydrogen-bond donors (Lipinski definition) is 8. The molecule has 3 aliphatic rings. The molecule has 3 aromatic rings. The van der Waals surface area contributed by atoms with Crippen molar-refractivity contribution in [1.29, 1.82) is 0 Å². The molecule has 0 aliphatic carbocycles. The Labute approximate surface area is 327 Å². The number of aliphatic hydroxyl groups excluding tert-OH is 8. The minimum absolute atomic E-state index is 0.00328. The summed E-state index contributed by atoms with van der Waals surface area (Å²) in [6.07, 6.45) is -12.5. The van der Waals surface area contributed by atoms with Gasteiger partial charge in [-0.3, -0.25) is 0 Å². The first-order valence-corrected chi connectivity index (χ1v) is 18.4. The molecule has 14 atom stereocenters. The van der Waals surface area contributed by atoms with E-state index < -0.39 is 97.3 Å². The third-order valence-corrected chi connectivity index (χ3v) is 10.3. The molecule has 0 radical (unpaired) electrons. The molecule has 6 rings (SSSR count). The Balaban J connectivity index is 0.968. The predicted octanol–water partition coefficient (Wildman–Crippen LogP) is -5.03. The van der Waals surface area contributed by atoms with Gasteiger partial charge in [-0.2, -0.15) is 0 Å². The molecule has 314 valence electrons. The lowest BCUT2D eigenvalue weighted by atomic mass is 9.99. The summed E-state index contributed by atoms with van der Waals surface area (Å²) >= 11 is 12.1. The Kier molecular flexibility index (Phi) is 14.6. The highest BCUT2D eigenvalue weighted by atomic mass is 35.5. The van der Waals surface area contributed by atoms with Gasteiger partial charge in [-0.15, -0.1) is 38.5 Å². The fourth-order valence-corrected chi connectivity index (χ4v) is 6.84. The minimum Gasteiger partial charge on any atom is -0.394 e. The topological polar surface area (TPSA) is 319 Å². The maximum absolute atomic E-state index is 10.9. The van der Waals surface area contributed by atoms with E-state index in [1.807, 2.05) is 0 Å². The first kappa shape index (κ1) is 43.0. The Morgan fingerprint density at radius 1 is 0.714 bits per heavy atom. The molecule has 3 aromatic heterocycles. The van der Waals surface area contributed by atoms with Gasteiger partial charge in [0.1, 0.15) is 78.1 Å². The van der Waals surface area contributed by atoms with Crippen molar-refractivity contribution in [1.82, 2.24) is 45.0 Å². The number of alkyl halides is 2. The normalized spacial score (nSPS) is 36.4. The van der Waals surface area contributed by atoms with E-state index in [-0.39, 0.29) is 32.9 Å². The molecule has 0 amide bonds. The van der Waals surface area contributed by atoms with Gasteiger partial charge in [-0.1, -0.05) is 15.6 Å². The van der Waals surface area contributed by atoms with Crippen LogP contribution in [0.1, 0.15) is 17.1 Å². The Bertz CT molecular complexity index is 1680. The maximum Gasteiger partial charge on any atom is 0.214 e. The standard InChI is InChI=1S/C30H45Cl2N9O15/c1-50-3-2-39-4-16(35-36-39)12-52-28-26(48)24(46)21(43)17(53-28)7-40-5-14(33-37-40)10-51-11-15-6-41(38-34-15)8-18-22(44)27(49)30(13-31,55-18)56-29-25(47)23(45)20(32)19(9-42)54-29/h4-6,17-29,42-49H,2-3,7-13H2,1H3/t17-,18-,19-,20+,21+,22-,23+,24+,25+,26+,27+,28-,29+,30+/m1/s1. The summed E-state index contributed by atoms with van der Waals surface area (Å²) in [7, 11) is 1.57. The smallest absolute Gasteiger partial charge is 0.214 e. The average Bonchev–Trinajstić information content (AvgIpc) is 4.00. The van der Waals surface area contributed by atoms with Crippen LogP contribution in [-0.4, -0.2) is 197 Å². The Morgan fingerprint density at radius 2 is 1.29 bits per heavy atom. The fourth-order valence-electron chi connectivity index (χ4n) is 6.27. The highest BCUT2D eigenvalue weighted by Crippen LogP contribution is 2.38. The van der Waals surface area contributed by atoms with Crippen molar-refractivity contribution in [2.75, 3.05) is 26.2 Å². The number of hydrogen-bond acceptors (Lipinski definition) is 21. The average molecular weight is 843 g/mol. The van der Waals surface area contributed by atoms with Gasteiger partial charge in [-0.05, 0) is 0 Å². The summed E-state index contributed by atoms with van der Waals surface area (Å²) < 4.78 is 43.5. The van der Waals surface area contributed by atoms with Crippen molar-refractivity contribution in [2.45, 2.75) is 124 Å². The van der Waals surface area contributed by atoms with E-state index in [1.165, 1.54) is 15.6 Å². The van der Waals surface area contributed by atoms with Crippen molar-refractivity contribution in [2.24, 2.45) is 0 Å². The van der Waals surface area contributed by atoms with Crippen molar-refractivity contribution in [3.63, 3.8) is 0 Å². The lowest BCUT2D eigenvalue weighted by molar-refractivity contribution is -0.358. The quantitative estimate of drug-likeness (QED) is 0.0556. The van der Waals surface area contributed by atoms with Crippen LogP contribution >= 0.6 is 23.2 Å². The monoisotopic (exact) mass is 841 g/mol. The highest BCUT2D eigenvalue weighted by molar-refractivity contribution is 6.21. The van der Waals surface area contributed by atoms with Crippen molar-refractivity contribution in [3.8, 4) is 0 Å². The molecule has 0 saturated carbocycles. The molecule has 24 nitrogen and oxygen atoms in total. The summed E-state index contributed by atoms with van der Waals surface area (Å²) in [6.45, 7) is 0.0590. The zero-order valence-corrected chi connectivity index (χ0v) is 31.3. The molecule has 0 unspecified atom stereocenters. The van der Waals surface area contributed by atoms with E-state index in [1.54, 1.807) is 24.2 Å². The molecule has 0 aromatic carbocycles. The van der Waals surface area contributed by atoms with Gasteiger partial charge in [0.05, 0.1) is 82.5 Å². The van der Waals surface area contributed by atoms with E-state index in [0.29, 0.717) is 30.2 Å². The Morgan fingerprint density at radius 3 is 1.91 bits per heavy atom. The van der Waals surface area contributed by atoms with Gasteiger partial charge >= 0.3 is 0 Å². The van der Waals surface area contributed by atoms with Crippen molar-refractivity contribution >= 4 is 23.2 Å². The molecule has 3 aliphatic heterocycles. The second-order valence-electron chi connectivity index (χ2n) is 13.5. The first-order valence-electron chi connectivity index (χ1n) is 17.5. The van der Waals surface area contributed by atoms with E-state index in [2.05, 4.69) is 30.9 Å². The van der Waals surface area contributed by atoms with Crippen LogP contribution in [0.15, 0.2) is 18.6 Å². The largest absolute Gasteiger partial charge is 0.394 e. The first-order chi connectivity index (χ1) is 26.9.